The molecule has 0 bridgehead atoms. The van der Waals surface area contributed by atoms with E-state index in [1.807, 2.05) is 6.92 Å². The SMILES string of the molecule is Cc1ccc(NC(C)CC(N)CC(C)N)cc1. The van der Waals surface area contributed by atoms with Gasteiger partial charge in [0, 0.05) is 23.8 Å². The van der Waals surface area contributed by atoms with Crippen molar-refractivity contribution in [1.82, 2.24) is 0 Å². The molecule has 1 aromatic carbocycles. The molecule has 1 aromatic rings. The van der Waals surface area contributed by atoms with Crippen molar-refractivity contribution in [1.29, 1.82) is 0 Å². The molecule has 3 unspecified atom stereocenters. The van der Waals surface area contributed by atoms with E-state index in [0.29, 0.717) is 6.04 Å². The third-order valence-electron chi connectivity index (χ3n) is 2.80. The molecular weight excluding hydrogens is 210 g/mol. The van der Waals surface area contributed by atoms with Crippen molar-refractivity contribution in [3.05, 3.63) is 29.8 Å². The van der Waals surface area contributed by atoms with Crippen molar-refractivity contribution < 1.29 is 0 Å². The summed E-state index contributed by atoms with van der Waals surface area (Å²) in [5.41, 5.74) is 14.2. The van der Waals surface area contributed by atoms with Gasteiger partial charge < -0.3 is 16.8 Å². The molecule has 0 saturated heterocycles. The lowest BCUT2D eigenvalue weighted by atomic mass is 10.0. The van der Waals surface area contributed by atoms with E-state index in [9.17, 15) is 0 Å². The first kappa shape index (κ1) is 14.0. The lowest BCUT2D eigenvalue weighted by Gasteiger charge is -2.20. The van der Waals surface area contributed by atoms with Gasteiger partial charge in [0.25, 0.3) is 0 Å². The van der Waals surface area contributed by atoms with Gasteiger partial charge in [-0.2, -0.15) is 0 Å². The minimum absolute atomic E-state index is 0.169. The first-order valence-electron chi connectivity index (χ1n) is 6.31. The summed E-state index contributed by atoms with van der Waals surface area (Å²) in [6, 6.07) is 9.13. The Morgan fingerprint density at radius 1 is 1.06 bits per heavy atom. The van der Waals surface area contributed by atoms with E-state index in [-0.39, 0.29) is 12.1 Å². The van der Waals surface area contributed by atoms with Crippen LogP contribution in [-0.4, -0.2) is 18.1 Å². The van der Waals surface area contributed by atoms with E-state index < -0.39 is 0 Å². The molecule has 96 valence electrons. The summed E-state index contributed by atoms with van der Waals surface area (Å²) in [5.74, 6) is 0. The number of hydrogen-bond acceptors (Lipinski definition) is 3. The van der Waals surface area contributed by atoms with E-state index in [1.54, 1.807) is 0 Å². The van der Waals surface area contributed by atoms with Gasteiger partial charge in [0.05, 0.1) is 0 Å². The zero-order chi connectivity index (χ0) is 12.8. The largest absolute Gasteiger partial charge is 0.383 e. The van der Waals surface area contributed by atoms with Crippen molar-refractivity contribution in [2.75, 3.05) is 5.32 Å². The normalized spacial score (nSPS) is 16.3. The number of aryl methyl sites for hydroxylation is 1. The van der Waals surface area contributed by atoms with Gasteiger partial charge in [-0.15, -0.1) is 0 Å². The van der Waals surface area contributed by atoms with Gasteiger partial charge in [0.15, 0.2) is 0 Å². The van der Waals surface area contributed by atoms with Crippen LogP contribution in [0.4, 0.5) is 5.69 Å². The van der Waals surface area contributed by atoms with Crippen LogP contribution in [-0.2, 0) is 0 Å². The summed E-state index contributed by atoms with van der Waals surface area (Å²) in [4.78, 5) is 0. The molecule has 0 heterocycles. The Balaban J connectivity index is 2.38. The monoisotopic (exact) mass is 235 g/mol. The Hall–Kier alpha value is -1.06. The Kier molecular flexibility index (Phi) is 5.45. The summed E-state index contributed by atoms with van der Waals surface area (Å²) in [6.45, 7) is 6.24. The Morgan fingerprint density at radius 3 is 2.18 bits per heavy atom. The molecule has 0 radical (unpaired) electrons. The summed E-state index contributed by atoms with van der Waals surface area (Å²) >= 11 is 0. The Bertz CT molecular complexity index is 319. The van der Waals surface area contributed by atoms with Gasteiger partial charge in [0.2, 0.25) is 0 Å². The number of hydrogen-bond donors (Lipinski definition) is 3. The van der Waals surface area contributed by atoms with Crippen LogP contribution in [0.15, 0.2) is 24.3 Å². The number of nitrogens with one attached hydrogen (secondary N) is 1. The molecule has 0 saturated carbocycles. The lowest BCUT2D eigenvalue weighted by Crippen LogP contribution is -2.33. The third-order valence-corrected chi connectivity index (χ3v) is 2.80. The van der Waals surface area contributed by atoms with E-state index in [0.717, 1.165) is 18.5 Å². The highest BCUT2D eigenvalue weighted by atomic mass is 14.9. The number of nitrogens with two attached hydrogens (primary N) is 2. The first-order valence-corrected chi connectivity index (χ1v) is 6.31. The highest BCUT2D eigenvalue weighted by Crippen LogP contribution is 2.12. The molecule has 0 aromatic heterocycles. The topological polar surface area (TPSA) is 64.1 Å². The highest BCUT2D eigenvalue weighted by molar-refractivity contribution is 5.45. The highest BCUT2D eigenvalue weighted by Gasteiger charge is 2.10. The molecule has 0 aliphatic carbocycles. The molecule has 0 fully saturated rings. The van der Waals surface area contributed by atoms with Crippen LogP contribution in [0.5, 0.6) is 0 Å². The van der Waals surface area contributed by atoms with Crippen molar-refractivity contribution in [3.8, 4) is 0 Å². The summed E-state index contributed by atoms with van der Waals surface area (Å²) in [7, 11) is 0. The quantitative estimate of drug-likeness (QED) is 0.708. The van der Waals surface area contributed by atoms with Crippen LogP contribution >= 0.6 is 0 Å². The minimum atomic E-state index is 0.169. The Labute approximate surface area is 105 Å². The molecule has 0 aliphatic rings. The summed E-state index contributed by atoms with van der Waals surface area (Å²) < 4.78 is 0. The van der Waals surface area contributed by atoms with Crippen molar-refractivity contribution in [3.63, 3.8) is 0 Å². The smallest absolute Gasteiger partial charge is 0.0342 e. The Morgan fingerprint density at radius 2 is 1.65 bits per heavy atom. The fourth-order valence-corrected chi connectivity index (χ4v) is 2.02. The molecule has 3 heteroatoms. The first-order chi connectivity index (χ1) is 7.97. The molecule has 0 aliphatic heterocycles. The molecule has 0 amide bonds. The maximum Gasteiger partial charge on any atom is 0.0342 e. The summed E-state index contributed by atoms with van der Waals surface area (Å²) in [6.07, 6.45) is 1.81. The van der Waals surface area contributed by atoms with Crippen LogP contribution < -0.4 is 16.8 Å². The summed E-state index contributed by atoms with van der Waals surface area (Å²) in [5, 5.41) is 3.45. The molecular formula is C14H25N3. The van der Waals surface area contributed by atoms with Gasteiger partial charge in [-0.1, -0.05) is 17.7 Å². The fraction of sp³-hybridized carbons (Fsp3) is 0.571. The number of rotatable bonds is 6. The van der Waals surface area contributed by atoms with Crippen LogP contribution in [0.2, 0.25) is 0 Å². The van der Waals surface area contributed by atoms with E-state index in [1.165, 1.54) is 5.56 Å². The van der Waals surface area contributed by atoms with Gasteiger partial charge in [-0.05, 0) is 45.7 Å². The van der Waals surface area contributed by atoms with Crippen LogP contribution in [0, 0.1) is 6.92 Å². The average molecular weight is 235 g/mol. The minimum Gasteiger partial charge on any atom is -0.383 e. The molecule has 1 rings (SSSR count). The third kappa shape index (κ3) is 5.71. The van der Waals surface area contributed by atoms with Crippen molar-refractivity contribution >= 4 is 5.69 Å². The van der Waals surface area contributed by atoms with E-state index >= 15 is 0 Å². The predicted molar refractivity (Wildman–Crippen MR) is 75.1 cm³/mol. The van der Waals surface area contributed by atoms with Crippen LogP contribution in [0.3, 0.4) is 0 Å². The van der Waals surface area contributed by atoms with E-state index in [4.69, 9.17) is 11.5 Å². The van der Waals surface area contributed by atoms with Gasteiger partial charge >= 0.3 is 0 Å². The average Bonchev–Trinajstić information content (AvgIpc) is 2.19. The second-order valence-corrected chi connectivity index (χ2v) is 5.12. The molecule has 0 spiro atoms. The fourth-order valence-electron chi connectivity index (χ4n) is 2.02. The maximum absolute atomic E-state index is 6.03. The lowest BCUT2D eigenvalue weighted by molar-refractivity contribution is 0.494. The van der Waals surface area contributed by atoms with Gasteiger partial charge in [-0.25, -0.2) is 0 Å². The molecule has 3 atom stereocenters. The van der Waals surface area contributed by atoms with Gasteiger partial charge in [-0.3, -0.25) is 0 Å². The number of benzene rings is 1. The van der Waals surface area contributed by atoms with Gasteiger partial charge in [0.1, 0.15) is 0 Å². The molecule has 17 heavy (non-hydrogen) atoms. The predicted octanol–water partition coefficient (Wildman–Crippen LogP) is 2.25. The number of anilines is 1. The standard InChI is InChI=1S/C14H25N3/c1-10-4-6-14(7-5-10)17-12(3)9-13(16)8-11(2)15/h4-7,11-13,17H,8-9,15-16H2,1-3H3. The second-order valence-electron chi connectivity index (χ2n) is 5.12. The zero-order valence-corrected chi connectivity index (χ0v) is 11.1. The van der Waals surface area contributed by atoms with Crippen LogP contribution in [0.1, 0.15) is 32.3 Å². The van der Waals surface area contributed by atoms with Crippen molar-refractivity contribution in [2.24, 2.45) is 11.5 Å². The van der Waals surface area contributed by atoms with Crippen molar-refractivity contribution in [2.45, 2.75) is 51.7 Å². The van der Waals surface area contributed by atoms with Crippen LogP contribution in [0.25, 0.3) is 0 Å². The molecule has 3 nitrogen and oxygen atoms in total. The molecule has 5 N–H and O–H groups in total. The second kappa shape index (κ2) is 6.62. The zero-order valence-electron chi connectivity index (χ0n) is 11.1. The van der Waals surface area contributed by atoms with E-state index in [2.05, 4.69) is 43.4 Å². The maximum atomic E-state index is 6.03.